The number of carbonyl (C=O) groups is 1. The highest BCUT2D eigenvalue weighted by Gasteiger charge is 2.07. The molecule has 1 atom stereocenters. The van der Waals surface area contributed by atoms with Crippen molar-refractivity contribution >= 4 is 5.91 Å². The van der Waals surface area contributed by atoms with E-state index in [4.69, 9.17) is 9.84 Å². The lowest BCUT2D eigenvalue weighted by molar-refractivity contribution is -0.120. The van der Waals surface area contributed by atoms with Gasteiger partial charge >= 0.3 is 0 Å². The van der Waals surface area contributed by atoms with Crippen molar-refractivity contribution in [3.05, 3.63) is 0 Å². The van der Waals surface area contributed by atoms with E-state index in [1.165, 1.54) is 0 Å². The number of rotatable bonds is 8. The summed E-state index contributed by atoms with van der Waals surface area (Å²) in [7, 11) is 1.56. The SMILES string of the molecule is CCCNC(=O)CNC(CO)COC. The number of carbonyl (C=O) groups excluding carboxylic acids is 1. The second-order valence-electron chi connectivity index (χ2n) is 3.07. The van der Waals surface area contributed by atoms with Crippen LogP contribution in [-0.2, 0) is 9.53 Å². The molecule has 0 fully saturated rings. The maximum absolute atomic E-state index is 11.1. The summed E-state index contributed by atoms with van der Waals surface area (Å²) in [5.74, 6) is -0.0543. The van der Waals surface area contributed by atoms with Crippen molar-refractivity contribution in [3.63, 3.8) is 0 Å². The summed E-state index contributed by atoms with van der Waals surface area (Å²) in [6.07, 6.45) is 0.924. The molecule has 5 heteroatoms. The van der Waals surface area contributed by atoms with Gasteiger partial charge < -0.3 is 20.5 Å². The van der Waals surface area contributed by atoms with E-state index >= 15 is 0 Å². The summed E-state index contributed by atoms with van der Waals surface area (Å²) in [6, 6.07) is -0.174. The van der Waals surface area contributed by atoms with Crippen LogP contribution >= 0.6 is 0 Å². The van der Waals surface area contributed by atoms with Crippen molar-refractivity contribution in [2.45, 2.75) is 19.4 Å². The summed E-state index contributed by atoms with van der Waals surface area (Å²) in [6.45, 7) is 3.27. The summed E-state index contributed by atoms with van der Waals surface area (Å²) in [4.78, 5) is 11.1. The van der Waals surface area contributed by atoms with Crippen LogP contribution in [0, 0.1) is 0 Å². The zero-order chi connectivity index (χ0) is 10.8. The highest BCUT2D eigenvalue weighted by atomic mass is 16.5. The molecule has 0 rings (SSSR count). The molecule has 0 saturated carbocycles. The summed E-state index contributed by atoms with van der Waals surface area (Å²) >= 11 is 0. The van der Waals surface area contributed by atoms with Crippen LogP contribution in [0.2, 0.25) is 0 Å². The van der Waals surface area contributed by atoms with Gasteiger partial charge in [0.05, 0.1) is 25.8 Å². The molecule has 1 unspecified atom stereocenters. The molecule has 0 heterocycles. The maximum atomic E-state index is 11.1. The lowest BCUT2D eigenvalue weighted by atomic mass is 10.3. The first-order valence-electron chi connectivity index (χ1n) is 4.84. The number of nitrogens with one attached hydrogen (secondary N) is 2. The Bertz CT molecular complexity index is 153. The van der Waals surface area contributed by atoms with Gasteiger partial charge in [-0.3, -0.25) is 4.79 Å². The Balaban J connectivity index is 3.52. The Labute approximate surface area is 84.8 Å². The van der Waals surface area contributed by atoms with Gasteiger partial charge in [-0.15, -0.1) is 0 Å². The van der Waals surface area contributed by atoms with Crippen LogP contribution in [0.3, 0.4) is 0 Å². The van der Waals surface area contributed by atoms with Crippen LogP contribution in [0.15, 0.2) is 0 Å². The number of aliphatic hydroxyl groups excluding tert-OH is 1. The minimum atomic E-state index is -0.174. The van der Waals surface area contributed by atoms with Gasteiger partial charge in [-0.2, -0.15) is 0 Å². The molecule has 0 bridgehead atoms. The lowest BCUT2D eigenvalue weighted by Crippen LogP contribution is -2.43. The Kier molecular flexibility index (Phi) is 8.51. The van der Waals surface area contributed by atoms with Crippen molar-refractivity contribution in [2.24, 2.45) is 0 Å². The van der Waals surface area contributed by atoms with E-state index in [0.29, 0.717) is 13.2 Å². The largest absolute Gasteiger partial charge is 0.395 e. The average Bonchev–Trinajstić information content (AvgIpc) is 2.21. The average molecular weight is 204 g/mol. The standard InChI is InChI=1S/C9H20N2O3/c1-3-4-10-9(13)5-11-8(6-12)7-14-2/h8,11-12H,3-7H2,1-2H3,(H,10,13). The number of ether oxygens (including phenoxy) is 1. The quantitative estimate of drug-likeness (QED) is 0.480. The first-order valence-corrected chi connectivity index (χ1v) is 4.84. The summed E-state index contributed by atoms with van der Waals surface area (Å²) in [5.41, 5.74) is 0. The van der Waals surface area contributed by atoms with Crippen molar-refractivity contribution in [3.8, 4) is 0 Å². The molecule has 0 aliphatic carbocycles. The molecule has 84 valence electrons. The third kappa shape index (κ3) is 6.82. The van der Waals surface area contributed by atoms with Gasteiger partial charge in [-0.25, -0.2) is 0 Å². The van der Waals surface area contributed by atoms with Crippen LogP contribution in [0.1, 0.15) is 13.3 Å². The fourth-order valence-corrected chi connectivity index (χ4v) is 0.941. The summed E-state index contributed by atoms with van der Waals surface area (Å²) < 4.78 is 4.85. The minimum Gasteiger partial charge on any atom is -0.395 e. The molecule has 0 aromatic heterocycles. The fourth-order valence-electron chi connectivity index (χ4n) is 0.941. The smallest absolute Gasteiger partial charge is 0.233 e. The van der Waals surface area contributed by atoms with Crippen molar-refractivity contribution < 1.29 is 14.6 Å². The van der Waals surface area contributed by atoms with Gasteiger partial charge in [0.15, 0.2) is 0 Å². The third-order valence-electron chi connectivity index (χ3n) is 1.71. The van der Waals surface area contributed by atoms with E-state index < -0.39 is 0 Å². The molecular formula is C9H20N2O3. The van der Waals surface area contributed by atoms with Crippen molar-refractivity contribution in [2.75, 3.05) is 33.4 Å². The molecule has 0 aromatic rings. The molecular weight excluding hydrogens is 184 g/mol. The number of amides is 1. The zero-order valence-electron chi connectivity index (χ0n) is 8.88. The van der Waals surface area contributed by atoms with E-state index in [1.54, 1.807) is 7.11 Å². The van der Waals surface area contributed by atoms with Gasteiger partial charge in [0.2, 0.25) is 5.91 Å². The molecule has 14 heavy (non-hydrogen) atoms. The molecule has 3 N–H and O–H groups in total. The van der Waals surface area contributed by atoms with Crippen LogP contribution in [0.5, 0.6) is 0 Å². The van der Waals surface area contributed by atoms with Crippen LogP contribution < -0.4 is 10.6 Å². The fraction of sp³-hybridized carbons (Fsp3) is 0.889. The van der Waals surface area contributed by atoms with Crippen LogP contribution in [-0.4, -0.2) is 50.5 Å². The van der Waals surface area contributed by atoms with E-state index in [0.717, 1.165) is 6.42 Å². The third-order valence-corrected chi connectivity index (χ3v) is 1.71. The number of aliphatic hydroxyl groups is 1. The Morgan fingerprint density at radius 1 is 1.57 bits per heavy atom. The predicted octanol–water partition coefficient (Wildman–Crippen LogP) is -0.890. The summed E-state index contributed by atoms with van der Waals surface area (Å²) in [5, 5.41) is 14.5. The van der Waals surface area contributed by atoms with Gasteiger partial charge in [0.25, 0.3) is 0 Å². The first kappa shape index (κ1) is 13.4. The van der Waals surface area contributed by atoms with Gasteiger partial charge in [-0.05, 0) is 6.42 Å². The van der Waals surface area contributed by atoms with Crippen molar-refractivity contribution in [1.29, 1.82) is 0 Å². The predicted molar refractivity (Wildman–Crippen MR) is 54.1 cm³/mol. The van der Waals surface area contributed by atoms with E-state index in [9.17, 15) is 4.79 Å². The molecule has 0 aromatic carbocycles. The zero-order valence-corrected chi connectivity index (χ0v) is 8.88. The number of methoxy groups -OCH3 is 1. The Hall–Kier alpha value is -0.650. The molecule has 5 nitrogen and oxygen atoms in total. The minimum absolute atomic E-state index is 0.0328. The van der Waals surface area contributed by atoms with E-state index in [2.05, 4.69) is 10.6 Å². The Morgan fingerprint density at radius 2 is 2.29 bits per heavy atom. The van der Waals surface area contributed by atoms with Gasteiger partial charge in [0.1, 0.15) is 0 Å². The highest BCUT2D eigenvalue weighted by Crippen LogP contribution is 1.82. The van der Waals surface area contributed by atoms with Crippen LogP contribution in [0.25, 0.3) is 0 Å². The molecule has 0 radical (unpaired) electrons. The van der Waals surface area contributed by atoms with Gasteiger partial charge in [-0.1, -0.05) is 6.92 Å². The van der Waals surface area contributed by atoms with E-state index in [-0.39, 0.29) is 25.1 Å². The molecule has 0 saturated heterocycles. The topological polar surface area (TPSA) is 70.6 Å². The van der Waals surface area contributed by atoms with Crippen molar-refractivity contribution in [1.82, 2.24) is 10.6 Å². The monoisotopic (exact) mass is 204 g/mol. The molecule has 0 aliphatic rings. The second kappa shape index (κ2) is 8.93. The first-order chi connectivity index (χ1) is 6.74. The number of hydrogen-bond acceptors (Lipinski definition) is 4. The second-order valence-corrected chi connectivity index (χ2v) is 3.07. The van der Waals surface area contributed by atoms with E-state index in [1.807, 2.05) is 6.92 Å². The van der Waals surface area contributed by atoms with Gasteiger partial charge in [0, 0.05) is 13.7 Å². The molecule has 0 spiro atoms. The molecule has 1 amide bonds. The molecule has 0 aliphatic heterocycles. The van der Waals surface area contributed by atoms with Crippen LogP contribution in [0.4, 0.5) is 0 Å². The maximum Gasteiger partial charge on any atom is 0.233 e. The Morgan fingerprint density at radius 3 is 2.79 bits per heavy atom. The normalized spacial score (nSPS) is 12.5. The number of hydrogen-bond donors (Lipinski definition) is 3. The highest BCUT2D eigenvalue weighted by molar-refractivity contribution is 5.77. The lowest BCUT2D eigenvalue weighted by Gasteiger charge is -2.14.